The lowest BCUT2D eigenvalue weighted by Crippen LogP contribution is -2.50. The number of hydrogen-bond donors (Lipinski definition) is 1. The molecule has 136 valence electrons. The Morgan fingerprint density at radius 3 is 2.46 bits per heavy atom. The Hall–Kier alpha value is -2.53. The number of rotatable bonds is 5. The van der Waals surface area contributed by atoms with Crippen LogP contribution in [0, 0.1) is 0 Å². The van der Waals surface area contributed by atoms with Gasteiger partial charge in [0.2, 0.25) is 5.91 Å². The lowest BCUT2D eigenvalue weighted by molar-refractivity contribution is -0.129. The first-order valence-corrected chi connectivity index (χ1v) is 9.04. The maximum atomic E-state index is 12.4. The minimum Gasteiger partial charge on any atom is -0.376 e. The first kappa shape index (κ1) is 18.3. The molecule has 0 unspecified atom stereocenters. The van der Waals surface area contributed by atoms with Crippen LogP contribution in [0.1, 0.15) is 17.3 Å². The third-order valence-corrected chi connectivity index (χ3v) is 4.75. The number of halogens is 1. The number of carbonyl (C=O) groups is 2. The second kappa shape index (κ2) is 8.23. The number of nitrogens with one attached hydrogen (secondary N) is 1. The third kappa shape index (κ3) is 4.55. The second-order valence-electron chi connectivity index (χ2n) is 6.34. The number of Topliss-reactive ketones (excluding diaryl/α,β-unsaturated/α-hetero) is 1. The molecule has 0 atom stereocenters. The van der Waals surface area contributed by atoms with E-state index in [9.17, 15) is 9.59 Å². The van der Waals surface area contributed by atoms with E-state index in [0.29, 0.717) is 18.7 Å². The minimum atomic E-state index is 0.0112. The number of carbonyl (C=O) groups excluding carboxylic acids is 2. The van der Waals surface area contributed by atoms with Gasteiger partial charge in [-0.15, -0.1) is 0 Å². The van der Waals surface area contributed by atoms with Crippen LogP contribution in [0.3, 0.4) is 0 Å². The highest BCUT2D eigenvalue weighted by molar-refractivity contribution is 6.30. The van der Waals surface area contributed by atoms with E-state index in [4.69, 9.17) is 11.6 Å². The monoisotopic (exact) mass is 371 g/mol. The fraction of sp³-hybridized carbons (Fsp3) is 0.300. The molecule has 0 bridgehead atoms. The highest BCUT2D eigenvalue weighted by Crippen LogP contribution is 2.20. The molecule has 0 radical (unpaired) electrons. The van der Waals surface area contributed by atoms with E-state index in [0.717, 1.165) is 29.5 Å². The molecule has 1 heterocycles. The van der Waals surface area contributed by atoms with Crippen LogP contribution >= 0.6 is 11.6 Å². The molecule has 3 rings (SSSR count). The third-order valence-electron chi connectivity index (χ3n) is 4.52. The van der Waals surface area contributed by atoms with Crippen LogP contribution in [0.15, 0.2) is 48.5 Å². The standard InChI is InChI=1S/C20H22ClN3O2/c1-15(25)16-4-2-6-18(12-16)22-14-20(26)24-10-8-23(9-11-24)19-7-3-5-17(21)13-19/h2-7,12-13,22H,8-11,14H2,1H3. The molecule has 1 N–H and O–H groups in total. The minimum absolute atomic E-state index is 0.0112. The zero-order valence-corrected chi connectivity index (χ0v) is 15.5. The Labute approximate surface area is 158 Å². The molecule has 1 saturated heterocycles. The van der Waals surface area contributed by atoms with E-state index in [1.807, 2.05) is 41.3 Å². The van der Waals surface area contributed by atoms with Crippen LogP contribution in [-0.4, -0.2) is 49.3 Å². The van der Waals surface area contributed by atoms with Crippen molar-refractivity contribution in [1.82, 2.24) is 4.90 Å². The second-order valence-corrected chi connectivity index (χ2v) is 6.77. The zero-order valence-electron chi connectivity index (χ0n) is 14.7. The summed E-state index contributed by atoms with van der Waals surface area (Å²) in [4.78, 5) is 28.0. The summed E-state index contributed by atoms with van der Waals surface area (Å²) < 4.78 is 0. The molecule has 1 aliphatic rings. The smallest absolute Gasteiger partial charge is 0.241 e. The molecule has 2 aromatic carbocycles. The van der Waals surface area contributed by atoms with Crippen molar-refractivity contribution in [2.24, 2.45) is 0 Å². The van der Waals surface area contributed by atoms with Crippen molar-refractivity contribution in [3.63, 3.8) is 0 Å². The zero-order chi connectivity index (χ0) is 18.5. The SMILES string of the molecule is CC(=O)c1cccc(NCC(=O)N2CCN(c3cccc(Cl)c3)CC2)c1. The Morgan fingerprint density at radius 1 is 1.04 bits per heavy atom. The maximum Gasteiger partial charge on any atom is 0.241 e. The number of anilines is 2. The van der Waals surface area contributed by atoms with E-state index in [1.165, 1.54) is 6.92 Å². The lowest BCUT2D eigenvalue weighted by Gasteiger charge is -2.36. The summed E-state index contributed by atoms with van der Waals surface area (Å²) in [6.07, 6.45) is 0. The molecule has 0 aromatic heterocycles. The molecule has 1 amide bonds. The van der Waals surface area contributed by atoms with Gasteiger partial charge in [-0.05, 0) is 37.3 Å². The van der Waals surface area contributed by atoms with Crippen molar-refractivity contribution >= 4 is 34.7 Å². The highest BCUT2D eigenvalue weighted by atomic mass is 35.5. The van der Waals surface area contributed by atoms with Gasteiger partial charge in [0.05, 0.1) is 6.54 Å². The summed E-state index contributed by atoms with van der Waals surface area (Å²) in [5.74, 6) is 0.0704. The van der Waals surface area contributed by atoms with Crippen molar-refractivity contribution in [3.05, 3.63) is 59.1 Å². The Morgan fingerprint density at radius 2 is 1.77 bits per heavy atom. The first-order chi connectivity index (χ1) is 12.5. The Balaban J connectivity index is 1.51. The summed E-state index contributed by atoms with van der Waals surface area (Å²) in [5, 5.41) is 3.83. The number of benzene rings is 2. The van der Waals surface area contributed by atoms with E-state index >= 15 is 0 Å². The topological polar surface area (TPSA) is 52.7 Å². The van der Waals surface area contributed by atoms with E-state index in [1.54, 1.807) is 12.1 Å². The number of hydrogen-bond acceptors (Lipinski definition) is 4. The van der Waals surface area contributed by atoms with Gasteiger partial charge in [-0.2, -0.15) is 0 Å². The summed E-state index contributed by atoms with van der Waals surface area (Å²) >= 11 is 6.05. The molecule has 2 aromatic rings. The van der Waals surface area contributed by atoms with Gasteiger partial charge in [0.15, 0.2) is 5.78 Å². The molecular formula is C20H22ClN3O2. The van der Waals surface area contributed by atoms with Crippen molar-refractivity contribution in [2.75, 3.05) is 42.9 Å². The summed E-state index contributed by atoms with van der Waals surface area (Å²) in [7, 11) is 0. The van der Waals surface area contributed by atoms with Crippen molar-refractivity contribution in [1.29, 1.82) is 0 Å². The van der Waals surface area contributed by atoms with Gasteiger partial charge in [0.1, 0.15) is 0 Å². The van der Waals surface area contributed by atoms with Gasteiger partial charge in [0.25, 0.3) is 0 Å². The van der Waals surface area contributed by atoms with E-state index < -0.39 is 0 Å². The van der Waals surface area contributed by atoms with E-state index in [2.05, 4.69) is 10.2 Å². The lowest BCUT2D eigenvalue weighted by atomic mass is 10.1. The maximum absolute atomic E-state index is 12.4. The fourth-order valence-electron chi connectivity index (χ4n) is 3.02. The van der Waals surface area contributed by atoms with Crippen LogP contribution in [0.25, 0.3) is 0 Å². The largest absolute Gasteiger partial charge is 0.376 e. The Kier molecular flexibility index (Phi) is 5.78. The molecule has 5 nitrogen and oxygen atoms in total. The predicted molar refractivity (Wildman–Crippen MR) is 105 cm³/mol. The van der Waals surface area contributed by atoms with Gasteiger partial charge in [-0.25, -0.2) is 0 Å². The summed E-state index contributed by atoms with van der Waals surface area (Å²) in [5.41, 5.74) is 2.50. The van der Waals surface area contributed by atoms with Crippen LogP contribution in [0.5, 0.6) is 0 Å². The van der Waals surface area contributed by atoms with Crippen molar-refractivity contribution in [3.8, 4) is 0 Å². The van der Waals surface area contributed by atoms with Gasteiger partial charge >= 0.3 is 0 Å². The van der Waals surface area contributed by atoms with Crippen LogP contribution < -0.4 is 10.2 Å². The number of amides is 1. The van der Waals surface area contributed by atoms with Gasteiger partial charge < -0.3 is 15.1 Å². The number of ketones is 1. The van der Waals surface area contributed by atoms with Crippen LogP contribution in [0.4, 0.5) is 11.4 Å². The van der Waals surface area contributed by atoms with Gasteiger partial charge in [-0.1, -0.05) is 29.8 Å². The molecule has 1 aliphatic heterocycles. The average Bonchev–Trinajstić information content (AvgIpc) is 2.66. The van der Waals surface area contributed by atoms with Gasteiger partial charge in [0, 0.05) is 48.1 Å². The molecule has 1 fully saturated rings. The normalized spacial score (nSPS) is 14.2. The van der Waals surface area contributed by atoms with Crippen molar-refractivity contribution in [2.45, 2.75) is 6.92 Å². The van der Waals surface area contributed by atoms with Crippen molar-refractivity contribution < 1.29 is 9.59 Å². The first-order valence-electron chi connectivity index (χ1n) is 8.66. The van der Waals surface area contributed by atoms with Crippen LogP contribution in [-0.2, 0) is 4.79 Å². The predicted octanol–water partition coefficient (Wildman–Crippen LogP) is 3.30. The molecule has 0 spiro atoms. The molecule has 6 heteroatoms. The number of piperazine rings is 1. The molecular weight excluding hydrogens is 350 g/mol. The summed E-state index contributed by atoms with van der Waals surface area (Å²) in [6.45, 7) is 4.68. The van der Waals surface area contributed by atoms with E-state index in [-0.39, 0.29) is 18.2 Å². The number of nitrogens with zero attached hydrogens (tertiary/aromatic N) is 2. The molecule has 26 heavy (non-hydrogen) atoms. The highest BCUT2D eigenvalue weighted by Gasteiger charge is 2.21. The quantitative estimate of drug-likeness (QED) is 0.819. The Bertz CT molecular complexity index is 801. The summed E-state index contributed by atoms with van der Waals surface area (Å²) in [6, 6.07) is 15.0. The molecule has 0 saturated carbocycles. The fourth-order valence-corrected chi connectivity index (χ4v) is 3.21. The van der Waals surface area contributed by atoms with Gasteiger partial charge in [-0.3, -0.25) is 9.59 Å². The van der Waals surface area contributed by atoms with Crippen LogP contribution in [0.2, 0.25) is 5.02 Å². The molecule has 0 aliphatic carbocycles. The average molecular weight is 372 g/mol.